The number of carbonyl (C=O) groups excluding carboxylic acids is 1. The summed E-state index contributed by atoms with van der Waals surface area (Å²) in [5, 5.41) is 3.67. The summed E-state index contributed by atoms with van der Waals surface area (Å²) in [6.45, 7) is 1.81. The summed E-state index contributed by atoms with van der Waals surface area (Å²) in [4.78, 5) is 12.2. The van der Waals surface area contributed by atoms with E-state index in [0.29, 0.717) is 32.0 Å². The first-order valence-electron chi connectivity index (χ1n) is 5.70. The van der Waals surface area contributed by atoms with Crippen LogP contribution in [0.2, 0.25) is 15.1 Å². The van der Waals surface area contributed by atoms with Gasteiger partial charge in [0.05, 0.1) is 20.8 Å². The van der Waals surface area contributed by atoms with E-state index in [-0.39, 0.29) is 5.91 Å². The smallest absolute Gasteiger partial charge is 0.255 e. The van der Waals surface area contributed by atoms with E-state index in [2.05, 4.69) is 5.32 Å². The van der Waals surface area contributed by atoms with Crippen molar-refractivity contribution in [2.75, 3.05) is 11.1 Å². The molecule has 0 aliphatic carbocycles. The lowest BCUT2D eigenvalue weighted by molar-refractivity contribution is 0.102. The van der Waals surface area contributed by atoms with E-state index in [0.717, 1.165) is 5.56 Å². The number of halogens is 3. The minimum atomic E-state index is -0.289. The van der Waals surface area contributed by atoms with Crippen molar-refractivity contribution in [1.29, 1.82) is 0 Å². The van der Waals surface area contributed by atoms with Crippen LogP contribution < -0.4 is 11.1 Å². The molecule has 3 nitrogen and oxygen atoms in total. The van der Waals surface area contributed by atoms with Crippen molar-refractivity contribution in [3.63, 3.8) is 0 Å². The van der Waals surface area contributed by atoms with Gasteiger partial charge in [0.25, 0.3) is 5.91 Å². The molecule has 0 bridgehead atoms. The van der Waals surface area contributed by atoms with Gasteiger partial charge in [0.2, 0.25) is 0 Å². The molecule has 0 saturated heterocycles. The number of hydrogen-bond donors (Lipinski definition) is 2. The van der Waals surface area contributed by atoms with Gasteiger partial charge >= 0.3 is 0 Å². The molecule has 0 heterocycles. The van der Waals surface area contributed by atoms with Gasteiger partial charge in [-0.15, -0.1) is 0 Å². The van der Waals surface area contributed by atoms with E-state index in [1.807, 2.05) is 6.92 Å². The molecule has 0 radical (unpaired) electrons. The number of nitrogens with one attached hydrogen (secondary N) is 1. The van der Waals surface area contributed by atoms with E-state index >= 15 is 0 Å². The number of hydrogen-bond acceptors (Lipinski definition) is 2. The van der Waals surface area contributed by atoms with Crippen molar-refractivity contribution in [3.8, 4) is 0 Å². The van der Waals surface area contributed by atoms with Gasteiger partial charge in [0.15, 0.2) is 0 Å². The summed E-state index contributed by atoms with van der Waals surface area (Å²) in [7, 11) is 0. The Morgan fingerprint density at radius 2 is 1.70 bits per heavy atom. The van der Waals surface area contributed by atoms with E-state index < -0.39 is 0 Å². The highest BCUT2D eigenvalue weighted by atomic mass is 35.5. The maximum atomic E-state index is 12.2. The highest BCUT2D eigenvalue weighted by molar-refractivity contribution is 6.44. The van der Waals surface area contributed by atoms with E-state index in [1.165, 1.54) is 12.1 Å². The predicted molar refractivity (Wildman–Crippen MR) is 85.0 cm³/mol. The maximum Gasteiger partial charge on any atom is 0.255 e. The van der Waals surface area contributed by atoms with Gasteiger partial charge in [-0.2, -0.15) is 0 Å². The zero-order valence-electron chi connectivity index (χ0n) is 10.5. The molecule has 0 saturated carbocycles. The van der Waals surface area contributed by atoms with E-state index in [1.54, 1.807) is 18.2 Å². The molecular weight excluding hydrogens is 319 g/mol. The Kier molecular flexibility index (Phi) is 4.43. The molecule has 6 heteroatoms. The van der Waals surface area contributed by atoms with Gasteiger partial charge < -0.3 is 11.1 Å². The van der Waals surface area contributed by atoms with Crippen LogP contribution in [0.25, 0.3) is 0 Å². The van der Waals surface area contributed by atoms with Crippen molar-refractivity contribution in [3.05, 3.63) is 56.5 Å². The highest BCUT2D eigenvalue weighted by Crippen LogP contribution is 2.32. The molecule has 0 atom stereocenters. The fraction of sp³-hybridized carbons (Fsp3) is 0.0714. The van der Waals surface area contributed by atoms with Crippen molar-refractivity contribution >= 4 is 52.1 Å². The third kappa shape index (κ3) is 3.18. The van der Waals surface area contributed by atoms with Crippen LogP contribution in [0.4, 0.5) is 11.4 Å². The van der Waals surface area contributed by atoms with Gasteiger partial charge in [-0.1, -0.05) is 34.8 Å². The maximum absolute atomic E-state index is 12.2. The first-order chi connectivity index (χ1) is 9.38. The summed E-state index contributed by atoms with van der Waals surface area (Å²) in [5.41, 5.74) is 7.96. The first kappa shape index (κ1) is 15.0. The molecule has 0 unspecified atom stereocenters. The zero-order valence-corrected chi connectivity index (χ0v) is 12.8. The predicted octanol–water partition coefficient (Wildman–Crippen LogP) is 4.79. The SMILES string of the molecule is Cc1cc(N)ccc1C(=O)Nc1cc(Cl)c(Cl)cc1Cl. The van der Waals surface area contributed by atoms with Gasteiger partial charge in [0.1, 0.15) is 0 Å². The third-order valence-corrected chi connectivity index (χ3v) is 3.79. The molecule has 20 heavy (non-hydrogen) atoms. The second-order valence-corrected chi connectivity index (χ2v) is 5.50. The molecule has 0 aliphatic rings. The molecule has 3 N–H and O–H groups in total. The number of nitrogens with two attached hydrogens (primary N) is 1. The summed E-state index contributed by atoms with van der Waals surface area (Å²) < 4.78 is 0. The lowest BCUT2D eigenvalue weighted by atomic mass is 10.1. The van der Waals surface area contributed by atoms with E-state index in [9.17, 15) is 4.79 Å². The summed E-state index contributed by atoms with van der Waals surface area (Å²) in [5.74, 6) is -0.289. The van der Waals surface area contributed by atoms with Crippen LogP contribution in [0.1, 0.15) is 15.9 Å². The number of benzene rings is 2. The van der Waals surface area contributed by atoms with Crippen LogP contribution in [0.5, 0.6) is 0 Å². The van der Waals surface area contributed by atoms with Crippen molar-refractivity contribution in [1.82, 2.24) is 0 Å². The number of carbonyl (C=O) groups is 1. The second-order valence-electron chi connectivity index (χ2n) is 4.27. The zero-order chi connectivity index (χ0) is 14.9. The Labute approximate surface area is 131 Å². The van der Waals surface area contributed by atoms with Crippen LogP contribution >= 0.6 is 34.8 Å². The fourth-order valence-electron chi connectivity index (χ4n) is 1.75. The van der Waals surface area contributed by atoms with Gasteiger partial charge in [-0.05, 0) is 42.8 Å². The van der Waals surface area contributed by atoms with Gasteiger partial charge in [-0.25, -0.2) is 0 Å². The number of amides is 1. The van der Waals surface area contributed by atoms with Crippen LogP contribution in [0.15, 0.2) is 30.3 Å². The van der Waals surface area contributed by atoms with Crippen LogP contribution in [0.3, 0.4) is 0 Å². The Morgan fingerprint density at radius 3 is 2.35 bits per heavy atom. The summed E-state index contributed by atoms with van der Waals surface area (Å²) in [6, 6.07) is 8.04. The first-order valence-corrected chi connectivity index (χ1v) is 6.84. The lowest BCUT2D eigenvalue weighted by Crippen LogP contribution is -2.14. The topological polar surface area (TPSA) is 55.1 Å². The quantitative estimate of drug-likeness (QED) is 0.615. The Morgan fingerprint density at radius 1 is 1.05 bits per heavy atom. The standard InChI is InChI=1S/C14H11Cl3N2O/c1-7-4-8(18)2-3-9(7)14(20)19-13-6-11(16)10(15)5-12(13)17/h2-6H,18H2,1H3,(H,19,20). The summed E-state index contributed by atoms with van der Waals surface area (Å²) in [6.07, 6.45) is 0. The fourth-order valence-corrected chi connectivity index (χ4v) is 2.34. The van der Waals surface area contributed by atoms with Crippen molar-refractivity contribution in [2.45, 2.75) is 6.92 Å². The number of anilines is 2. The molecule has 2 rings (SSSR count). The summed E-state index contributed by atoms with van der Waals surface area (Å²) >= 11 is 17.8. The number of aryl methyl sites for hydroxylation is 1. The minimum absolute atomic E-state index is 0.289. The molecule has 2 aromatic carbocycles. The monoisotopic (exact) mass is 328 g/mol. The van der Waals surface area contributed by atoms with Crippen LogP contribution in [-0.2, 0) is 0 Å². The Hall–Kier alpha value is -1.42. The lowest BCUT2D eigenvalue weighted by Gasteiger charge is -2.10. The molecule has 0 aromatic heterocycles. The van der Waals surface area contributed by atoms with Crippen LogP contribution in [0, 0.1) is 6.92 Å². The number of nitrogen functional groups attached to an aromatic ring is 1. The Bertz CT molecular complexity index is 686. The largest absolute Gasteiger partial charge is 0.399 e. The number of rotatable bonds is 2. The average molecular weight is 330 g/mol. The molecule has 0 aliphatic heterocycles. The molecule has 1 amide bonds. The average Bonchev–Trinajstić information content (AvgIpc) is 2.35. The second kappa shape index (κ2) is 5.92. The molecular formula is C14H11Cl3N2O. The van der Waals surface area contributed by atoms with Crippen molar-refractivity contribution < 1.29 is 4.79 Å². The van der Waals surface area contributed by atoms with Gasteiger partial charge in [0, 0.05) is 11.3 Å². The van der Waals surface area contributed by atoms with E-state index in [4.69, 9.17) is 40.5 Å². The molecule has 104 valence electrons. The molecule has 0 spiro atoms. The van der Waals surface area contributed by atoms with Crippen molar-refractivity contribution in [2.24, 2.45) is 0 Å². The molecule has 2 aromatic rings. The third-order valence-electron chi connectivity index (χ3n) is 2.75. The normalized spacial score (nSPS) is 10.4. The highest BCUT2D eigenvalue weighted by Gasteiger charge is 2.13. The van der Waals surface area contributed by atoms with Gasteiger partial charge in [-0.3, -0.25) is 4.79 Å². The Balaban J connectivity index is 2.30. The minimum Gasteiger partial charge on any atom is -0.399 e. The molecule has 0 fully saturated rings. The van der Waals surface area contributed by atoms with Crippen LogP contribution in [-0.4, -0.2) is 5.91 Å².